The normalized spacial score (nSPS) is 21.8. The molecule has 8 heteroatoms. The number of hydrogen-bond acceptors (Lipinski definition) is 5. The second kappa shape index (κ2) is 7.31. The molecule has 0 unspecified atom stereocenters. The summed E-state index contributed by atoms with van der Waals surface area (Å²) >= 11 is 0. The molecule has 1 aromatic heterocycles. The molecule has 1 aliphatic heterocycles. The van der Waals surface area contributed by atoms with Gasteiger partial charge in [0.1, 0.15) is 0 Å². The van der Waals surface area contributed by atoms with Gasteiger partial charge >= 0.3 is 6.09 Å². The van der Waals surface area contributed by atoms with E-state index >= 15 is 0 Å². The Balaban J connectivity index is 2.35. The van der Waals surface area contributed by atoms with Crippen molar-refractivity contribution in [3.8, 4) is 0 Å². The van der Waals surface area contributed by atoms with Crippen LogP contribution in [0.15, 0.2) is 18.5 Å². The molecule has 1 amide bonds. The molecular formula is C17H30N4O3Si. The lowest BCUT2D eigenvalue weighted by atomic mass is 10.0. The van der Waals surface area contributed by atoms with Crippen molar-refractivity contribution in [3.63, 3.8) is 0 Å². The molecule has 0 radical (unpaired) electrons. The SMILES string of the molecule is CC(C)(C)[Si](C)(C)O[C@H]1CCNC[C@@H]1N(C(=O)O)c1ccncc1N. The number of nitrogen functional groups attached to an aromatic ring is 1. The fraction of sp³-hybridized carbons (Fsp3) is 0.647. The molecule has 2 rings (SSSR count). The van der Waals surface area contributed by atoms with Crippen LogP contribution in [0.4, 0.5) is 16.2 Å². The molecule has 1 saturated heterocycles. The van der Waals surface area contributed by atoms with Gasteiger partial charge in [0, 0.05) is 12.7 Å². The monoisotopic (exact) mass is 366 g/mol. The van der Waals surface area contributed by atoms with Crippen LogP contribution in [0.3, 0.4) is 0 Å². The number of rotatable bonds is 4. The van der Waals surface area contributed by atoms with Crippen LogP contribution in [0.25, 0.3) is 0 Å². The molecule has 0 bridgehead atoms. The third-order valence-corrected chi connectivity index (χ3v) is 9.77. The first-order valence-corrected chi connectivity index (χ1v) is 11.6. The highest BCUT2D eigenvalue weighted by atomic mass is 28.4. The Morgan fingerprint density at radius 3 is 2.72 bits per heavy atom. The van der Waals surface area contributed by atoms with Gasteiger partial charge in [-0.1, -0.05) is 20.8 Å². The molecule has 2 atom stereocenters. The number of nitrogens with zero attached hydrogens (tertiary/aromatic N) is 2. The number of pyridine rings is 1. The summed E-state index contributed by atoms with van der Waals surface area (Å²) in [7, 11) is -2.02. The lowest BCUT2D eigenvalue weighted by molar-refractivity contribution is 0.116. The molecule has 0 saturated carbocycles. The zero-order valence-corrected chi connectivity index (χ0v) is 16.7. The zero-order valence-electron chi connectivity index (χ0n) is 15.7. The quantitative estimate of drug-likeness (QED) is 0.708. The van der Waals surface area contributed by atoms with E-state index in [1.54, 1.807) is 12.3 Å². The van der Waals surface area contributed by atoms with Crippen molar-refractivity contribution in [1.29, 1.82) is 0 Å². The van der Waals surface area contributed by atoms with Crippen LogP contribution in [-0.2, 0) is 4.43 Å². The van der Waals surface area contributed by atoms with Crippen molar-refractivity contribution in [2.75, 3.05) is 23.7 Å². The average molecular weight is 367 g/mol. The summed E-state index contributed by atoms with van der Waals surface area (Å²) in [5.74, 6) is 0. The van der Waals surface area contributed by atoms with Crippen LogP contribution in [0, 0.1) is 0 Å². The molecule has 1 aromatic rings. The molecular weight excluding hydrogens is 336 g/mol. The number of amides is 1. The molecule has 0 spiro atoms. The number of nitrogens with one attached hydrogen (secondary N) is 1. The highest BCUT2D eigenvalue weighted by Gasteiger charge is 2.43. The van der Waals surface area contributed by atoms with Crippen molar-refractivity contribution >= 4 is 25.8 Å². The highest BCUT2D eigenvalue weighted by molar-refractivity contribution is 6.74. The lowest BCUT2D eigenvalue weighted by Gasteiger charge is -2.45. The predicted octanol–water partition coefficient (Wildman–Crippen LogP) is 2.90. The number of carbonyl (C=O) groups is 1. The van der Waals surface area contributed by atoms with E-state index in [1.807, 2.05) is 0 Å². The summed E-state index contributed by atoms with van der Waals surface area (Å²) in [5.41, 5.74) is 6.79. The van der Waals surface area contributed by atoms with E-state index in [0.29, 0.717) is 17.9 Å². The molecule has 140 valence electrons. The van der Waals surface area contributed by atoms with Crippen molar-refractivity contribution in [2.45, 2.75) is 57.5 Å². The largest absolute Gasteiger partial charge is 0.465 e. The third-order valence-electron chi connectivity index (χ3n) is 5.27. The summed E-state index contributed by atoms with van der Waals surface area (Å²) < 4.78 is 6.59. The summed E-state index contributed by atoms with van der Waals surface area (Å²) in [4.78, 5) is 17.3. The second-order valence-corrected chi connectivity index (χ2v) is 12.8. The topological polar surface area (TPSA) is 101 Å². The molecule has 25 heavy (non-hydrogen) atoms. The molecule has 0 aliphatic carbocycles. The van der Waals surface area contributed by atoms with Crippen molar-refractivity contribution < 1.29 is 14.3 Å². The number of aromatic nitrogens is 1. The first kappa shape index (κ1) is 19.7. The Hall–Kier alpha value is -1.64. The van der Waals surface area contributed by atoms with Gasteiger partial charge in [0.05, 0.1) is 29.7 Å². The zero-order chi connectivity index (χ0) is 18.8. The van der Waals surface area contributed by atoms with Crippen LogP contribution >= 0.6 is 0 Å². The number of anilines is 2. The molecule has 7 nitrogen and oxygen atoms in total. The van der Waals surface area contributed by atoms with Gasteiger partial charge in [-0.25, -0.2) is 4.79 Å². The predicted molar refractivity (Wildman–Crippen MR) is 102 cm³/mol. The molecule has 2 heterocycles. The maximum absolute atomic E-state index is 12.0. The third kappa shape index (κ3) is 4.31. The van der Waals surface area contributed by atoms with E-state index < -0.39 is 14.4 Å². The Morgan fingerprint density at radius 2 is 2.16 bits per heavy atom. The van der Waals surface area contributed by atoms with E-state index in [0.717, 1.165) is 13.0 Å². The minimum atomic E-state index is -2.02. The molecule has 1 aliphatic rings. The Bertz CT molecular complexity index is 618. The van der Waals surface area contributed by atoms with Crippen LogP contribution in [0.2, 0.25) is 18.1 Å². The minimum Gasteiger partial charge on any atom is -0.465 e. The number of hydrogen-bond donors (Lipinski definition) is 3. The number of carboxylic acid groups (broad SMARTS) is 1. The summed E-state index contributed by atoms with van der Waals surface area (Å²) in [6.45, 7) is 12.3. The maximum atomic E-state index is 12.0. The molecule has 4 N–H and O–H groups in total. The smallest absolute Gasteiger partial charge is 0.412 e. The summed E-state index contributed by atoms with van der Waals surface area (Å²) in [5, 5.41) is 13.2. The van der Waals surface area contributed by atoms with E-state index in [-0.39, 0.29) is 17.2 Å². The van der Waals surface area contributed by atoms with E-state index in [2.05, 4.69) is 44.2 Å². The van der Waals surface area contributed by atoms with Gasteiger partial charge in [-0.15, -0.1) is 0 Å². The first-order chi connectivity index (χ1) is 11.5. The van der Waals surface area contributed by atoms with Gasteiger partial charge in [-0.3, -0.25) is 9.88 Å². The van der Waals surface area contributed by atoms with Crippen LogP contribution in [-0.4, -0.2) is 49.7 Å². The van der Waals surface area contributed by atoms with Gasteiger partial charge in [0.15, 0.2) is 8.32 Å². The lowest BCUT2D eigenvalue weighted by Crippen LogP contribution is -2.60. The summed E-state index contributed by atoms with van der Waals surface area (Å²) in [6, 6.07) is 1.31. The van der Waals surface area contributed by atoms with E-state index in [4.69, 9.17) is 10.2 Å². The van der Waals surface area contributed by atoms with Gasteiger partial charge in [0.25, 0.3) is 0 Å². The van der Waals surface area contributed by atoms with Gasteiger partial charge in [-0.2, -0.15) is 0 Å². The van der Waals surface area contributed by atoms with Crippen LogP contribution in [0.5, 0.6) is 0 Å². The summed E-state index contributed by atoms with van der Waals surface area (Å²) in [6.07, 6.45) is 2.61. The van der Waals surface area contributed by atoms with Gasteiger partial charge in [-0.05, 0) is 37.2 Å². The van der Waals surface area contributed by atoms with Crippen LogP contribution < -0.4 is 16.0 Å². The molecule has 1 fully saturated rings. The fourth-order valence-electron chi connectivity index (χ4n) is 2.81. The average Bonchev–Trinajstić information content (AvgIpc) is 2.49. The Kier molecular flexibility index (Phi) is 5.75. The van der Waals surface area contributed by atoms with E-state index in [1.165, 1.54) is 11.1 Å². The number of piperidine rings is 1. The second-order valence-electron chi connectivity index (χ2n) is 8.06. The maximum Gasteiger partial charge on any atom is 0.412 e. The Labute approximate surface area is 150 Å². The number of nitrogens with two attached hydrogens (primary N) is 1. The van der Waals surface area contributed by atoms with Crippen molar-refractivity contribution in [1.82, 2.24) is 10.3 Å². The standard InChI is InChI=1S/C17H30N4O3Si/c1-17(2,3)25(4,5)24-15-7-9-20-11-14(15)21(16(22)23)13-6-8-19-10-12(13)18/h6,8,10,14-15,20H,7,9,11,18H2,1-5H3,(H,22,23)/t14-,15-/m0/s1. The van der Waals surface area contributed by atoms with Crippen LogP contribution in [0.1, 0.15) is 27.2 Å². The van der Waals surface area contributed by atoms with Gasteiger partial charge < -0.3 is 20.6 Å². The first-order valence-electron chi connectivity index (χ1n) is 8.65. The molecule has 0 aromatic carbocycles. The van der Waals surface area contributed by atoms with Crippen molar-refractivity contribution in [2.24, 2.45) is 0 Å². The van der Waals surface area contributed by atoms with Crippen molar-refractivity contribution in [3.05, 3.63) is 18.5 Å². The van der Waals surface area contributed by atoms with E-state index in [9.17, 15) is 9.90 Å². The van der Waals surface area contributed by atoms with Gasteiger partial charge in [0.2, 0.25) is 0 Å². The highest BCUT2D eigenvalue weighted by Crippen LogP contribution is 2.39. The fourth-order valence-corrected chi connectivity index (χ4v) is 4.20. The minimum absolute atomic E-state index is 0.0617. The Morgan fingerprint density at radius 1 is 1.48 bits per heavy atom.